The number of aliphatic hydroxyl groups is 1. The molecular formula is C15H23N3O3. The van der Waals surface area contributed by atoms with E-state index in [9.17, 15) is 9.90 Å². The van der Waals surface area contributed by atoms with E-state index in [-0.39, 0.29) is 6.04 Å². The van der Waals surface area contributed by atoms with Crippen molar-refractivity contribution in [1.82, 2.24) is 10.3 Å². The van der Waals surface area contributed by atoms with Gasteiger partial charge in [-0.25, -0.2) is 4.79 Å². The number of nitrogens with one attached hydrogen (secondary N) is 1. The van der Waals surface area contributed by atoms with Crippen molar-refractivity contribution in [1.29, 1.82) is 0 Å². The van der Waals surface area contributed by atoms with Gasteiger partial charge in [-0.05, 0) is 39.3 Å². The minimum Gasteiger partial charge on any atom is -0.444 e. The molecule has 1 saturated heterocycles. The molecule has 6 nitrogen and oxygen atoms in total. The van der Waals surface area contributed by atoms with Gasteiger partial charge in [0.05, 0.1) is 24.0 Å². The van der Waals surface area contributed by atoms with Crippen LogP contribution in [-0.2, 0) is 4.74 Å². The topological polar surface area (TPSA) is 74.7 Å². The fraction of sp³-hybridized carbons (Fsp3) is 0.600. The first kappa shape index (κ1) is 15.6. The minimum atomic E-state index is -0.627. The summed E-state index contributed by atoms with van der Waals surface area (Å²) in [6.07, 6.45) is 2.41. The molecule has 0 aromatic carbocycles. The largest absolute Gasteiger partial charge is 0.444 e. The Balaban J connectivity index is 1.97. The van der Waals surface area contributed by atoms with Gasteiger partial charge < -0.3 is 20.1 Å². The maximum absolute atomic E-state index is 11.8. The van der Waals surface area contributed by atoms with Gasteiger partial charge in [-0.3, -0.25) is 4.98 Å². The van der Waals surface area contributed by atoms with Crippen molar-refractivity contribution >= 4 is 11.8 Å². The zero-order valence-corrected chi connectivity index (χ0v) is 13.0. The summed E-state index contributed by atoms with van der Waals surface area (Å²) in [6.45, 7) is 8.39. The van der Waals surface area contributed by atoms with Gasteiger partial charge in [0.2, 0.25) is 0 Å². The Hall–Kier alpha value is -1.82. The zero-order valence-electron chi connectivity index (χ0n) is 13.0. The van der Waals surface area contributed by atoms with E-state index in [0.29, 0.717) is 13.1 Å². The van der Waals surface area contributed by atoms with Gasteiger partial charge in [-0.2, -0.15) is 0 Å². The van der Waals surface area contributed by atoms with Crippen molar-refractivity contribution < 1.29 is 14.6 Å². The third kappa shape index (κ3) is 4.32. The van der Waals surface area contributed by atoms with Crippen LogP contribution in [0.25, 0.3) is 0 Å². The summed E-state index contributed by atoms with van der Waals surface area (Å²) in [5.74, 6) is 0. The number of nitrogens with zero attached hydrogens (tertiary/aromatic N) is 2. The second-order valence-electron chi connectivity index (χ2n) is 6.45. The maximum atomic E-state index is 11.8. The van der Waals surface area contributed by atoms with Crippen LogP contribution in [0.5, 0.6) is 0 Å². The molecule has 2 atom stereocenters. The molecule has 2 rings (SSSR count). The number of alkyl carbamates (subject to hydrolysis) is 1. The normalized spacial score (nSPS) is 22.2. The first-order valence-corrected chi connectivity index (χ1v) is 7.09. The maximum Gasteiger partial charge on any atom is 0.408 e. The lowest BCUT2D eigenvalue weighted by atomic mass is 10.2. The zero-order chi connectivity index (χ0) is 15.6. The van der Waals surface area contributed by atoms with Crippen molar-refractivity contribution in [2.24, 2.45) is 0 Å². The number of rotatable bonds is 2. The average molecular weight is 293 g/mol. The molecule has 1 aliphatic heterocycles. The van der Waals surface area contributed by atoms with Gasteiger partial charge in [-0.15, -0.1) is 0 Å². The van der Waals surface area contributed by atoms with Crippen molar-refractivity contribution in [3.63, 3.8) is 0 Å². The number of hydrogen-bond donors (Lipinski definition) is 2. The van der Waals surface area contributed by atoms with Crippen LogP contribution in [0.15, 0.2) is 18.5 Å². The molecule has 2 N–H and O–H groups in total. The SMILES string of the molecule is Cc1cncc(N2C[C@H](NC(=O)OC(C)(C)C)[C@@H](O)C2)c1. The van der Waals surface area contributed by atoms with Gasteiger partial charge in [0.25, 0.3) is 0 Å². The molecule has 2 heterocycles. The lowest BCUT2D eigenvalue weighted by Gasteiger charge is -2.22. The van der Waals surface area contributed by atoms with Crippen LogP contribution in [0.3, 0.4) is 0 Å². The second kappa shape index (κ2) is 5.89. The van der Waals surface area contributed by atoms with Crippen molar-refractivity contribution in [3.05, 3.63) is 24.0 Å². The average Bonchev–Trinajstić information content (AvgIpc) is 2.68. The summed E-state index contributed by atoms with van der Waals surface area (Å²) in [6, 6.07) is 1.66. The molecule has 1 aromatic rings. The van der Waals surface area contributed by atoms with E-state index < -0.39 is 17.8 Å². The number of aryl methyl sites for hydroxylation is 1. The molecule has 1 fully saturated rings. The fourth-order valence-electron chi connectivity index (χ4n) is 2.31. The monoisotopic (exact) mass is 293 g/mol. The first-order chi connectivity index (χ1) is 9.74. The van der Waals surface area contributed by atoms with Gasteiger partial charge in [0, 0.05) is 19.3 Å². The highest BCUT2D eigenvalue weighted by molar-refractivity contribution is 5.68. The number of β-amino-alcohol motifs (C(OH)–C–C–N with tert-alkyl or cyclic N) is 1. The number of carbonyl (C=O) groups is 1. The Morgan fingerprint density at radius 2 is 2.14 bits per heavy atom. The molecule has 0 spiro atoms. The summed E-state index contributed by atoms with van der Waals surface area (Å²) in [4.78, 5) is 17.9. The van der Waals surface area contributed by atoms with E-state index in [1.807, 2.05) is 38.7 Å². The summed E-state index contributed by atoms with van der Waals surface area (Å²) in [5.41, 5.74) is 1.46. The Bertz CT molecular complexity index is 513. The minimum absolute atomic E-state index is 0.347. The second-order valence-corrected chi connectivity index (χ2v) is 6.45. The quantitative estimate of drug-likeness (QED) is 0.863. The van der Waals surface area contributed by atoms with E-state index in [2.05, 4.69) is 10.3 Å². The summed E-state index contributed by atoms with van der Waals surface area (Å²) in [5, 5.41) is 12.8. The van der Waals surface area contributed by atoms with Crippen molar-refractivity contribution in [2.75, 3.05) is 18.0 Å². The van der Waals surface area contributed by atoms with Crippen LogP contribution in [-0.4, -0.2) is 47.0 Å². The number of aromatic nitrogens is 1. The number of hydrogen-bond acceptors (Lipinski definition) is 5. The third-order valence-electron chi connectivity index (χ3n) is 3.22. The summed E-state index contributed by atoms with van der Waals surface area (Å²) in [7, 11) is 0. The predicted molar refractivity (Wildman–Crippen MR) is 80.4 cm³/mol. The van der Waals surface area contributed by atoms with Gasteiger partial charge in [0.1, 0.15) is 5.60 Å². The van der Waals surface area contributed by atoms with Crippen LogP contribution in [0.2, 0.25) is 0 Å². The molecule has 1 aromatic heterocycles. The number of aliphatic hydroxyl groups excluding tert-OH is 1. The molecular weight excluding hydrogens is 270 g/mol. The first-order valence-electron chi connectivity index (χ1n) is 7.09. The van der Waals surface area contributed by atoms with Gasteiger partial charge in [-0.1, -0.05) is 0 Å². The van der Waals surface area contributed by atoms with E-state index in [4.69, 9.17) is 4.74 Å². The molecule has 0 bridgehead atoms. The van der Waals surface area contributed by atoms with Crippen molar-refractivity contribution in [2.45, 2.75) is 45.4 Å². The van der Waals surface area contributed by atoms with Gasteiger partial charge >= 0.3 is 6.09 Å². The number of anilines is 1. The van der Waals surface area contributed by atoms with Gasteiger partial charge in [0.15, 0.2) is 0 Å². The molecule has 0 aliphatic carbocycles. The highest BCUT2D eigenvalue weighted by Crippen LogP contribution is 2.21. The van der Waals surface area contributed by atoms with Crippen LogP contribution in [0, 0.1) is 6.92 Å². The Morgan fingerprint density at radius 1 is 1.43 bits per heavy atom. The number of amides is 1. The lowest BCUT2D eigenvalue weighted by Crippen LogP contribution is -2.45. The number of carbonyl (C=O) groups excluding carboxylic acids is 1. The Labute approximate surface area is 125 Å². The Morgan fingerprint density at radius 3 is 2.76 bits per heavy atom. The van der Waals surface area contributed by atoms with Crippen LogP contribution < -0.4 is 10.2 Å². The molecule has 116 valence electrons. The van der Waals surface area contributed by atoms with E-state index >= 15 is 0 Å². The summed E-state index contributed by atoms with van der Waals surface area (Å²) >= 11 is 0. The molecule has 21 heavy (non-hydrogen) atoms. The van der Waals surface area contributed by atoms with Crippen LogP contribution >= 0.6 is 0 Å². The van der Waals surface area contributed by atoms with Crippen molar-refractivity contribution in [3.8, 4) is 0 Å². The lowest BCUT2D eigenvalue weighted by molar-refractivity contribution is 0.0461. The molecule has 1 aliphatic rings. The smallest absolute Gasteiger partial charge is 0.408 e. The Kier molecular flexibility index (Phi) is 4.37. The molecule has 0 radical (unpaired) electrons. The highest BCUT2D eigenvalue weighted by atomic mass is 16.6. The van der Waals surface area contributed by atoms with Crippen LogP contribution in [0.4, 0.5) is 10.5 Å². The predicted octanol–water partition coefficient (Wildman–Crippen LogP) is 1.46. The molecule has 0 unspecified atom stereocenters. The number of pyridine rings is 1. The molecule has 6 heteroatoms. The third-order valence-corrected chi connectivity index (χ3v) is 3.22. The fourth-order valence-corrected chi connectivity index (χ4v) is 2.31. The molecule has 1 amide bonds. The van der Waals surface area contributed by atoms with E-state index in [0.717, 1.165) is 11.3 Å². The molecule has 0 saturated carbocycles. The van der Waals surface area contributed by atoms with Crippen LogP contribution in [0.1, 0.15) is 26.3 Å². The highest BCUT2D eigenvalue weighted by Gasteiger charge is 2.33. The van der Waals surface area contributed by atoms with E-state index in [1.165, 1.54) is 0 Å². The number of ether oxygens (including phenoxy) is 1. The standard InChI is InChI=1S/C15H23N3O3/c1-10-5-11(7-16-6-10)18-8-12(13(19)9-18)17-14(20)21-15(2,3)4/h5-7,12-13,19H,8-9H2,1-4H3,(H,17,20)/t12-,13-/m0/s1. The summed E-state index contributed by atoms with van der Waals surface area (Å²) < 4.78 is 5.22. The van der Waals surface area contributed by atoms with E-state index in [1.54, 1.807) is 12.4 Å².